The van der Waals surface area contributed by atoms with Crippen LogP contribution >= 0.6 is 0 Å². The second-order valence-corrected chi connectivity index (χ2v) is 6.70. The third-order valence-electron chi connectivity index (χ3n) is 5.20. The Balaban J connectivity index is 1.40. The molecule has 23 heavy (non-hydrogen) atoms. The molecular formula is C19H22N2O2. The van der Waals surface area contributed by atoms with Gasteiger partial charge in [-0.25, -0.2) is 0 Å². The molecule has 0 bridgehead atoms. The molecule has 2 unspecified atom stereocenters. The number of aromatic nitrogens is 1. The highest BCUT2D eigenvalue weighted by atomic mass is 16.6. The number of epoxide rings is 1. The van der Waals surface area contributed by atoms with Crippen molar-refractivity contribution in [3.8, 4) is 0 Å². The van der Waals surface area contributed by atoms with Gasteiger partial charge in [0.15, 0.2) is 0 Å². The lowest BCUT2D eigenvalue weighted by molar-refractivity contribution is -0.130. The van der Waals surface area contributed by atoms with Gasteiger partial charge in [0.25, 0.3) is 0 Å². The first-order valence-corrected chi connectivity index (χ1v) is 8.47. The largest absolute Gasteiger partial charge is 0.364 e. The van der Waals surface area contributed by atoms with Gasteiger partial charge in [-0.05, 0) is 42.9 Å². The minimum absolute atomic E-state index is 0.201. The summed E-state index contributed by atoms with van der Waals surface area (Å²) in [5.41, 5.74) is 2.30. The van der Waals surface area contributed by atoms with Crippen LogP contribution in [-0.2, 0) is 9.53 Å². The van der Waals surface area contributed by atoms with Crippen LogP contribution in [0.25, 0.3) is 10.9 Å². The molecule has 2 aliphatic heterocycles. The van der Waals surface area contributed by atoms with E-state index in [1.54, 1.807) is 6.92 Å². The highest BCUT2D eigenvalue weighted by molar-refractivity contribution is 5.82. The SMILES string of the molecule is CC(=O)N1CCC(CC2OC2c2ccnc3ccccc23)CC1. The van der Waals surface area contributed by atoms with Crippen LogP contribution in [0.2, 0.25) is 0 Å². The first kappa shape index (κ1) is 14.6. The van der Waals surface area contributed by atoms with Gasteiger partial charge in [0.05, 0.1) is 11.6 Å². The number of amides is 1. The van der Waals surface area contributed by atoms with Crippen LogP contribution in [0.15, 0.2) is 36.5 Å². The molecule has 0 aliphatic carbocycles. The maximum absolute atomic E-state index is 11.4. The number of benzene rings is 1. The van der Waals surface area contributed by atoms with Crippen molar-refractivity contribution in [2.75, 3.05) is 13.1 Å². The Morgan fingerprint density at radius 3 is 2.83 bits per heavy atom. The van der Waals surface area contributed by atoms with E-state index in [2.05, 4.69) is 23.2 Å². The number of likely N-dealkylation sites (tertiary alicyclic amines) is 1. The number of pyridine rings is 1. The quantitative estimate of drug-likeness (QED) is 0.817. The summed E-state index contributed by atoms with van der Waals surface area (Å²) < 4.78 is 5.98. The molecule has 2 fully saturated rings. The Bertz CT molecular complexity index is 717. The van der Waals surface area contributed by atoms with Gasteiger partial charge < -0.3 is 9.64 Å². The summed E-state index contributed by atoms with van der Waals surface area (Å²) in [6.07, 6.45) is 5.73. The fourth-order valence-electron chi connectivity index (χ4n) is 3.77. The Labute approximate surface area is 136 Å². The maximum Gasteiger partial charge on any atom is 0.219 e. The fraction of sp³-hybridized carbons (Fsp3) is 0.474. The zero-order valence-electron chi connectivity index (χ0n) is 13.4. The average Bonchev–Trinajstić information content (AvgIpc) is 3.34. The van der Waals surface area contributed by atoms with Gasteiger partial charge in [0.1, 0.15) is 6.10 Å². The second kappa shape index (κ2) is 5.93. The Kier molecular flexibility index (Phi) is 3.77. The molecule has 1 aromatic heterocycles. The summed E-state index contributed by atoms with van der Waals surface area (Å²) in [4.78, 5) is 17.8. The molecular weight excluding hydrogens is 288 g/mol. The molecule has 1 amide bonds. The molecule has 2 aliphatic rings. The van der Waals surface area contributed by atoms with E-state index < -0.39 is 0 Å². The minimum atomic E-state index is 0.201. The molecule has 0 N–H and O–H groups in total. The monoisotopic (exact) mass is 310 g/mol. The zero-order chi connectivity index (χ0) is 15.8. The van der Waals surface area contributed by atoms with Crippen molar-refractivity contribution in [3.05, 3.63) is 42.1 Å². The summed E-state index contributed by atoms with van der Waals surface area (Å²) in [5.74, 6) is 0.876. The van der Waals surface area contributed by atoms with E-state index in [9.17, 15) is 4.79 Å². The molecule has 3 heterocycles. The number of nitrogens with zero attached hydrogens (tertiary/aromatic N) is 2. The van der Waals surface area contributed by atoms with Gasteiger partial charge in [-0.15, -0.1) is 0 Å². The number of hydrogen-bond donors (Lipinski definition) is 0. The number of hydrogen-bond acceptors (Lipinski definition) is 3. The van der Waals surface area contributed by atoms with Crippen molar-refractivity contribution in [2.24, 2.45) is 5.92 Å². The highest BCUT2D eigenvalue weighted by Gasteiger charge is 2.42. The molecule has 2 aromatic rings. The topological polar surface area (TPSA) is 45.7 Å². The van der Waals surface area contributed by atoms with Gasteiger partial charge >= 0.3 is 0 Å². The lowest BCUT2D eigenvalue weighted by Gasteiger charge is -2.31. The Hall–Kier alpha value is -1.94. The highest BCUT2D eigenvalue weighted by Crippen LogP contribution is 2.45. The van der Waals surface area contributed by atoms with E-state index in [0.717, 1.165) is 37.9 Å². The van der Waals surface area contributed by atoms with Crippen LogP contribution < -0.4 is 0 Å². The molecule has 0 spiro atoms. The molecule has 120 valence electrons. The van der Waals surface area contributed by atoms with E-state index in [1.807, 2.05) is 23.2 Å². The first-order valence-electron chi connectivity index (χ1n) is 8.47. The first-order chi connectivity index (χ1) is 11.2. The summed E-state index contributed by atoms with van der Waals surface area (Å²) >= 11 is 0. The van der Waals surface area contributed by atoms with Gasteiger partial charge in [-0.2, -0.15) is 0 Å². The zero-order valence-corrected chi connectivity index (χ0v) is 13.4. The lowest BCUT2D eigenvalue weighted by atomic mass is 9.90. The average molecular weight is 310 g/mol. The van der Waals surface area contributed by atoms with Crippen LogP contribution in [0.3, 0.4) is 0 Å². The number of ether oxygens (including phenoxy) is 1. The van der Waals surface area contributed by atoms with Crippen LogP contribution in [-0.4, -0.2) is 35.0 Å². The second-order valence-electron chi connectivity index (χ2n) is 6.70. The van der Waals surface area contributed by atoms with Crippen molar-refractivity contribution in [3.63, 3.8) is 0 Å². The lowest BCUT2D eigenvalue weighted by Crippen LogP contribution is -2.37. The molecule has 0 saturated carbocycles. The van der Waals surface area contributed by atoms with Crippen LogP contribution in [0.1, 0.15) is 37.9 Å². The summed E-state index contributed by atoms with van der Waals surface area (Å²) in [7, 11) is 0. The van der Waals surface area contributed by atoms with Gasteiger partial charge in [0.2, 0.25) is 5.91 Å². The van der Waals surface area contributed by atoms with Crippen molar-refractivity contribution in [2.45, 2.75) is 38.4 Å². The van der Waals surface area contributed by atoms with Crippen molar-refractivity contribution in [1.82, 2.24) is 9.88 Å². The van der Waals surface area contributed by atoms with Gasteiger partial charge in [-0.3, -0.25) is 9.78 Å². The van der Waals surface area contributed by atoms with Crippen molar-refractivity contribution in [1.29, 1.82) is 0 Å². The number of carbonyl (C=O) groups is 1. The van der Waals surface area contributed by atoms with Crippen LogP contribution in [0.4, 0.5) is 0 Å². The van der Waals surface area contributed by atoms with Crippen LogP contribution in [0.5, 0.6) is 0 Å². The smallest absolute Gasteiger partial charge is 0.219 e. The number of para-hydroxylation sites is 1. The number of piperidine rings is 1. The Morgan fingerprint density at radius 1 is 1.26 bits per heavy atom. The minimum Gasteiger partial charge on any atom is -0.364 e. The van der Waals surface area contributed by atoms with E-state index in [4.69, 9.17) is 4.74 Å². The van der Waals surface area contributed by atoms with Crippen molar-refractivity contribution < 1.29 is 9.53 Å². The summed E-state index contributed by atoms with van der Waals surface area (Å²) in [6.45, 7) is 3.46. The third-order valence-corrected chi connectivity index (χ3v) is 5.20. The normalized spacial score (nSPS) is 24.8. The molecule has 2 atom stereocenters. The summed E-state index contributed by atoms with van der Waals surface area (Å²) in [6, 6.07) is 10.3. The summed E-state index contributed by atoms with van der Waals surface area (Å²) in [5, 5.41) is 1.20. The molecule has 4 rings (SSSR count). The molecule has 1 aromatic carbocycles. The predicted octanol–water partition coefficient (Wildman–Crippen LogP) is 3.32. The van der Waals surface area contributed by atoms with Crippen LogP contribution in [0, 0.1) is 5.92 Å². The predicted molar refractivity (Wildman–Crippen MR) is 89.0 cm³/mol. The molecule has 0 radical (unpaired) electrons. The molecule has 2 saturated heterocycles. The third kappa shape index (κ3) is 2.95. The van der Waals surface area contributed by atoms with Gasteiger partial charge in [-0.1, -0.05) is 18.2 Å². The van der Waals surface area contributed by atoms with E-state index in [0.29, 0.717) is 12.0 Å². The molecule has 4 heteroatoms. The molecule has 4 nitrogen and oxygen atoms in total. The number of carbonyl (C=O) groups excluding carboxylic acids is 1. The van der Waals surface area contributed by atoms with Gasteiger partial charge in [0, 0.05) is 31.6 Å². The van der Waals surface area contributed by atoms with E-state index in [1.165, 1.54) is 10.9 Å². The number of rotatable bonds is 3. The Morgan fingerprint density at radius 2 is 2.04 bits per heavy atom. The fourth-order valence-corrected chi connectivity index (χ4v) is 3.77. The standard InChI is InChI=1S/C19H22N2O2/c1-13(22)21-10-7-14(8-11-21)12-18-19(23-18)16-6-9-20-17-5-3-2-4-15(16)17/h2-6,9,14,18-19H,7-8,10-12H2,1H3. The van der Waals surface area contributed by atoms with Crippen molar-refractivity contribution >= 4 is 16.8 Å². The maximum atomic E-state index is 11.4. The van der Waals surface area contributed by atoms with E-state index in [-0.39, 0.29) is 12.0 Å². The van der Waals surface area contributed by atoms with E-state index >= 15 is 0 Å². The number of fused-ring (bicyclic) bond motifs is 1.